The number of methoxy groups -OCH3 is 2. The monoisotopic (exact) mass is 454 g/mol. The number of hydrogen-bond acceptors (Lipinski definition) is 6. The predicted octanol–water partition coefficient (Wildman–Crippen LogP) is 3.87. The summed E-state index contributed by atoms with van der Waals surface area (Å²) in [7, 11) is 2.90. The first-order valence-electron chi connectivity index (χ1n) is 10.8. The van der Waals surface area contributed by atoms with E-state index in [1.165, 1.54) is 26.4 Å². The fourth-order valence-electron chi connectivity index (χ4n) is 3.04. The number of ether oxygens (including phenoxy) is 3. The lowest BCUT2D eigenvalue weighted by Crippen LogP contribution is -2.34. The van der Waals surface area contributed by atoms with Gasteiger partial charge in [-0.1, -0.05) is 51.1 Å². The molecule has 0 radical (unpaired) electrons. The van der Waals surface area contributed by atoms with Gasteiger partial charge in [-0.2, -0.15) is 0 Å². The number of nitrogens with one attached hydrogen (secondary N) is 2. The number of hydrogen-bond donors (Lipinski definition) is 2. The van der Waals surface area contributed by atoms with Crippen molar-refractivity contribution in [1.82, 2.24) is 5.32 Å². The normalized spacial score (nSPS) is 14.1. The van der Waals surface area contributed by atoms with Gasteiger partial charge in [0, 0.05) is 29.2 Å². The second-order valence-electron chi connectivity index (χ2n) is 8.94. The molecule has 8 nitrogen and oxygen atoms in total. The topological polar surface area (TPSA) is 103 Å². The Labute approximate surface area is 193 Å². The Morgan fingerprint density at radius 1 is 0.970 bits per heavy atom. The van der Waals surface area contributed by atoms with Crippen molar-refractivity contribution in [2.24, 2.45) is 5.41 Å². The van der Waals surface area contributed by atoms with Crippen molar-refractivity contribution in [3.05, 3.63) is 53.6 Å². The number of benzene rings is 2. The van der Waals surface area contributed by atoms with E-state index >= 15 is 0 Å². The molecule has 0 aromatic heterocycles. The first-order chi connectivity index (χ1) is 15.6. The van der Waals surface area contributed by atoms with E-state index in [1.54, 1.807) is 45.0 Å². The van der Waals surface area contributed by atoms with Crippen molar-refractivity contribution in [2.45, 2.75) is 45.8 Å². The van der Waals surface area contributed by atoms with Crippen molar-refractivity contribution >= 4 is 23.5 Å². The quantitative estimate of drug-likeness (QED) is 0.587. The highest BCUT2D eigenvalue weighted by molar-refractivity contribution is 6.04. The van der Waals surface area contributed by atoms with Gasteiger partial charge in [0.05, 0.1) is 25.5 Å². The molecule has 0 aliphatic heterocycles. The highest BCUT2D eigenvalue weighted by Crippen LogP contribution is 2.35. The molecule has 0 heterocycles. The molecule has 8 heteroatoms. The zero-order valence-corrected chi connectivity index (χ0v) is 19.6. The smallest absolute Gasteiger partial charge is 0.341 e. The van der Waals surface area contributed by atoms with E-state index in [9.17, 15) is 14.4 Å². The Kier molecular flexibility index (Phi) is 7.26. The van der Waals surface area contributed by atoms with Crippen LogP contribution in [0.5, 0.6) is 11.5 Å². The molecular weight excluding hydrogens is 424 g/mol. The molecule has 1 aliphatic rings. The second-order valence-corrected chi connectivity index (χ2v) is 8.94. The van der Waals surface area contributed by atoms with Crippen LogP contribution in [0, 0.1) is 5.41 Å². The molecule has 2 aromatic rings. The van der Waals surface area contributed by atoms with Gasteiger partial charge in [-0.15, -0.1) is 0 Å². The highest BCUT2D eigenvalue weighted by atomic mass is 16.5. The van der Waals surface area contributed by atoms with Crippen molar-refractivity contribution in [1.29, 1.82) is 0 Å². The van der Waals surface area contributed by atoms with E-state index in [0.29, 0.717) is 11.3 Å². The third-order valence-corrected chi connectivity index (χ3v) is 5.16. The van der Waals surface area contributed by atoms with Crippen molar-refractivity contribution < 1.29 is 28.6 Å². The first-order valence-corrected chi connectivity index (χ1v) is 10.8. The molecule has 0 unspecified atom stereocenters. The lowest BCUT2D eigenvalue weighted by Gasteiger charge is -2.22. The number of carbonyl (C=O) groups is 3. The van der Waals surface area contributed by atoms with Crippen LogP contribution in [0.4, 0.5) is 5.69 Å². The van der Waals surface area contributed by atoms with Gasteiger partial charge in [0.25, 0.3) is 5.91 Å². The molecule has 0 bridgehead atoms. The molecule has 33 heavy (non-hydrogen) atoms. The summed E-state index contributed by atoms with van der Waals surface area (Å²) < 4.78 is 16.3. The third-order valence-electron chi connectivity index (χ3n) is 5.16. The molecule has 0 saturated heterocycles. The zero-order valence-electron chi connectivity index (χ0n) is 19.6. The van der Waals surface area contributed by atoms with Crippen LogP contribution in [0.2, 0.25) is 0 Å². The predicted molar refractivity (Wildman–Crippen MR) is 123 cm³/mol. The number of rotatable bonds is 8. The van der Waals surface area contributed by atoms with Crippen molar-refractivity contribution in [3.8, 4) is 11.5 Å². The lowest BCUT2D eigenvalue weighted by atomic mass is 9.95. The van der Waals surface area contributed by atoms with E-state index < -0.39 is 23.4 Å². The van der Waals surface area contributed by atoms with Gasteiger partial charge in [-0.3, -0.25) is 9.59 Å². The van der Waals surface area contributed by atoms with E-state index in [0.717, 1.165) is 12.8 Å². The second kappa shape index (κ2) is 9.94. The Morgan fingerprint density at radius 3 is 2.12 bits per heavy atom. The molecule has 1 saturated carbocycles. The van der Waals surface area contributed by atoms with Gasteiger partial charge in [-0.05, 0) is 12.8 Å². The summed E-state index contributed by atoms with van der Waals surface area (Å²) >= 11 is 0. The van der Waals surface area contributed by atoms with Gasteiger partial charge >= 0.3 is 5.97 Å². The maximum absolute atomic E-state index is 13.3. The molecule has 1 atom stereocenters. The summed E-state index contributed by atoms with van der Waals surface area (Å²) in [6.45, 7) is 5.28. The number of anilines is 1. The summed E-state index contributed by atoms with van der Waals surface area (Å²) in [5.41, 5.74) is 0.0903. The summed E-state index contributed by atoms with van der Waals surface area (Å²) in [5.74, 6) is -0.839. The van der Waals surface area contributed by atoms with Crippen LogP contribution in [-0.2, 0) is 14.3 Å². The average molecular weight is 455 g/mol. The summed E-state index contributed by atoms with van der Waals surface area (Å²) in [6.07, 6.45) is 0.665. The molecule has 3 rings (SSSR count). The molecule has 176 valence electrons. The fourth-order valence-corrected chi connectivity index (χ4v) is 3.04. The van der Waals surface area contributed by atoms with E-state index in [2.05, 4.69) is 10.6 Å². The van der Waals surface area contributed by atoms with Gasteiger partial charge in [0.2, 0.25) is 12.0 Å². The van der Waals surface area contributed by atoms with Crippen LogP contribution < -0.4 is 20.1 Å². The van der Waals surface area contributed by atoms with Gasteiger partial charge in [0.15, 0.2) is 11.5 Å². The van der Waals surface area contributed by atoms with E-state index in [4.69, 9.17) is 14.2 Å². The Bertz CT molecular complexity index is 1030. The minimum Gasteiger partial charge on any atom is -0.493 e. The van der Waals surface area contributed by atoms with Crippen LogP contribution in [-0.4, -0.2) is 38.0 Å². The summed E-state index contributed by atoms with van der Waals surface area (Å²) in [5, 5.41) is 5.65. The lowest BCUT2D eigenvalue weighted by molar-refractivity contribution is -0.130. The van der Waals surface area contributed by atoms with Crippen molar-refractivity contribution in [2.75, 3.05) is 19.5 Å². The molecule has 1 fully saturated rings. The SMILES string of the molecule is COc1cc(NC(=O)C(C)(C)C)c(C(=O)O[C@@H](C(=O)NC2CC2)c2ccccc2)cc1OC. The van der Waals surface area contributed by atoms with Gasteiger partial charge < -0.3 is 24.8 Å². The van der Waals surface area contributed by atoms with Crippen LogP contribution >= 0.6 is 0 Å². The number of carbonyl (C=O) groups excluding carboxylic acids is 3. The fraction of sp³-hybridized carbons (Fsp3) is 0.400. The standard InChI is InChI=1S/C25H30N2O6/c1-25(2,3)24(30)27-18-14-20(32-5)19(31-4)13-17(18)23(29)33-21(15-9-7-6-8-10-15)22(28)26-16-11-12-16/h6-10,13-14,16,21H,11-12H2,1-5H3,(H,26,28)(H,27,30)/t21-/m1/s1. The maximum atomic E-state index is 13.3. The molecule has 2 amide bonds. The largest absolute Gasteiger partial charge is 0.493 e. The van der Waals surface area contributed by atoms with Crippen LogP contribution in [0.3, 0.4) is 0 Å². The molecular formula is C25H30N2O6. The van der Waals surface area contributed by atoms with E-state index in [1.807, 2.05) is 6.07 Å². The van der Waals surface area contributed by atoms with Gasteiger partial charge in [0.1, 0.15) is 0 Å². The van der Waals surface area contributed by atoms with Crippen LogP contribution in [0.15, 0.2) is 42.5 Å². The number of esters is 1. The first kappa shape index (κ1) is 24.1. The minimum atomic E-state index is -1.14. The Hall–Kier alpha value is -3.55. The molecule has 0 spiro atoms. The summed E-state index contributed by atoms with van der Waals surface area (Å²) in [4.78, 5) is 38.8. The van der Waals surface area contributed by atoms with Crippen LogP contribution in [0.25, 0.3) is 0 Å². The average Bonchev–Trinajstić information content (AvgIpc) is 3.60. The van der Waals surface area contributed by atoms with E-state index in [-0.39, 0.29) is 28.9 Å². The minimum absolute atomic E-state index is 0.0467. The van der Waals surface area contributed by atoms with Crippen LogP contribution in [0.1, 0.15) is 55.6 Å². The highest BCUT2D eigenvalue weighted by Gasteiger charge is 2.32. The molecule has 1 aliphatic carbocycles. The zero-order chi connectivity index (χ0) is 24.2. The number of amides is 2. The maximum Gasteiger partial charge on any atom is 0.341 e. The Balaban J connectivity index is 1.96. The Morgan fingerprint density at radius 2 is 1.58 bits per heavy atom. The molecule has 2 N–H and O–H groups in total. The van der Waals surface area contributed by atoms with Gasteiger partial charge in [-0.25, -0.2) is 4.79 Å². The summed E-state index contributed by atoms with van der Waals surface area (Å²) in [6, 6.07) is 11.8. The third kappa shape index (κ3) is 6.03. The van der Waals surface area contributed by atoms with Crippen molar-refractivity contribution in [3.63, 3.8) is 0 Å². The molecule has 2 aromatic carbocycles.